The summed E-state index contributed by atoms with van der Waals surface area (Å²) < 4.78 is 36.9. The molecule has 1 fully saturated rings. The molecule has 2 aliphatic rings. The van der Waals surface area contributed by atoms with Gasteiger partial charge < -0.3 is 9.31 Å². The van der Waals surface area contributed by atoms with Crippen LogP contribution in [0.3, 0.4) is 0 Å². The Kier molecular flexibility index (Phi) is 4.90. The second kappa shape index (κ2) is 6.03. The molecule has 7 heteroatoms. The van der Waals surface area contributed by atoms with Gasteiger partial charge >= 0.3 is 7.12 Å². The largest absolute Gasteiger partial charge is 0.470 e. The zero-order valence-electron chi connectivity index (χ0n) is 14.7. The summed E-state index contributed by atoms with van der Waals surface area (Å²) >= 11 is 0. The van der Waals surface area contributed by atoms with Gasteiger partial charge in [-0.05, 0) is 34.1 Å². The van der Waals surface area contributed by atoms with Crippen LogP contribution in [0.5, 0.6) is 0 Å². The first-order valence-corrected chi connectivity index (χ1v) is 9.80. The first kappa shape index (κ1) is 18.7. The zero-order valence-corrected chi connectivity index (χ0v) is 15.5. The van der Waals surface area contributed by atoms with Crippen molar-refractivity contribution in [1.82, 2.24) is 0 Å². The molecule has 23 heavy (non-hydrogen) atoms. The number of nitrogens with two attached hydrogens (primary N) is 1. The van der Waals surface area contributed by atoms with E-state index in [2.05, 4.69) is 6.92 Å². The Hall–Kier alpha value is -0.625. The van der Waals surface area contributed by atoms with E-state index in [-0.39, 0.29) is 0 Å². The molecular formula is C16H28BNO4S. The van der Waals surface area contributed by atoms with Crippen molar-refractivity contribution in [1.29, 1.82) is 0 Å². The fraction of sp³-hybridized carbons (Fsp3) is 0.750. The fourth-order valence-electron chi connectivity index (χ4n) is 3.19. The van der Waals surface area contributed by atoms with Gasteiger partial charge in [0.15, 0.2) is 0 Å². The van der Waals surface area contributed by atoms with Gasteiger partial charge in [0, 0.05) is 5.31 Å². The van der Waals surface area contributed by atoms with Crippen molar-refractivity contribution < 1.29 is 17.7 Å². The summed E-state index contributed by atoms with van der Waals surface area (Å²) in [5.41, 5.74) is -1.04. The van der Waals surface area contributed by atoms with E-state index in [0.29, 0.717) is 6.42 Å². The zero-order chi connectivity index (χ0) is 17.5. The minimum Gasteiger partial charge on any atom is -0.403 e. The van der Waals surface area contributed by atoms with Crippen molar-refractivity contribution in [3.05, 3.63) is 24.3 Å². The predicted octanol–water partition coefficient (Wildman–Crippen LogP) is 2.79. The Bertz CT molecular complexity index is 596. The maximum Gasteiger partial charge on any atom is 0.470 e. The molecule has 0 radical (unpaired) electrons. The SMILES string of the molecule is CCCCC1(B2OC(C)(C)C(C)(C)O2)C=CC=CC1S(N)(=O)=O. The molecule has 0 bridgehead atoms. The number of unbranched alkanes of at least 4 members (excludes halogenated alkanes) is 1. The maximum absolute atomic E-state index is 12.2. The van der Waals surface area contributed by atoms with Crippen LogP contribution in [0, 0.1) is 0 Å². The first-order chi connectivity index (χ1) is 10.5. The number of rotatable bonds is 5. The lowest BCUT2D eigenvalue weighted by Gasteiger charge is -2.38. The lowest BCUT2D eigenvalue weighted by Crippen LogP contribution is -2.48. The summed E-state index contributed by atoms with van der Waals surface area (Å²) in [6.45, 7) is 9.94. The van der Waals surface area contributed by atoms with Gasteiger partial charge in [0.25, 0.3) is 0 Å². The van der Waals surface area contributed by atoms with Crippen LogP contribution in [-0.2, 0) is 19.3 Å². The quantitative estimate of drug-likeness (QED) is 0.780. The van der Waals surface area contributed by atoms with E-state index in [1.165, 1.54) is 0 Å². The van der Waals surface area contributed by atoms with Gasteiger partial charge in [-0.3, -0.25) is 0 Å². The third kappa shape index (κ3) is 3.29. The van der Waals surface area contributed by atoms with E-state index >= 15 is 0 Å². The molecule has 0 saturated carbocycles. The van der Waals surface area contributed by atoms with Crippen LogP contribution in [0.4, 0.5) is 0 Å². The molecule has 1 heterocycles. The molecule has 0 spiro atoms. The van der Waals surface area contributed by atoms with Gasteiger partial charge in [0.2, 0.25) is 10.0 Å². The van der Waals surface area contributed by atoms with Crippen LogP contribution in [0.1, 0.15) is 53.9 Å². The summed E-state index contributed by atoms with van der Waals surface area (Å²) in [6.07, 6.45) is 9.61. The van der Waals surface area contributed by atoms with E-state index in [1.54, 1.807) is 12.2 Å². The third-order valence-corrected chi connectivity index (χ3v) is 6.65. The van der Waals surface area contributed by atoms with Crippen molar-refractivity contribution >= 4 is 17.1 Å². The molecule has 2 atom stereocenters. The molecule has 1 aliphatic carbocycles. The van der Waals surface area contributed by atoms with Crippen molar-refractivity contribution in [2.75, 3.05) is 0 Å². The average molecular weight is 341 g/mol. The highest BCUT2D eigenvalue weighted by atomic mass is 32.2. The third-order valence-electron chi connectivity index (χ3n) is 5.34. The van der Waals surface area contributed by atoms with Crippen molar-refractivity contribution in [2.24, 2.45) is 5.14 Å². The molecule has 5 nitrogen and oxygen atoms in total. The highest BCUT2D eigenvalue weighted by Gasteiger charge is 2.62. The summed E-state index contributed by atoms with van der Waals surface area (Å²) in [5, 5.41) is 3.89. The Morgan fingerprint density at radius 2 is 1.70 bits per heavy atom. The smallest absolute Gasteiger partial charge is 0.403 e. The summed E-state index contributed by atoms with van der Waals surface area (Å²) in [4.78, 5) is 0. The molecule has 2 unspecified atom stereocenters. The van der Waals surface area contributed by atoms with Gasteiger partial charge in [-0.15, -0.1) is 0 Å². The van der Waals surface area contributed by atoms with Crippen LogP contribution >= 0.6 is 0 Å². The molecule has 0 amide bonds. The van der Waals surface area contributed by atoms with E-state index < -0.39 is 38.9 Å². The standard InChI is InChI=1S/C16H28BNO4S/c1-6-7-11-16(12-9-8-10-13(16)23(18,19)20)17-21-14(2,3)15(4,5)22-17/h8-10,12-13H,6-7,11H2,1-5H3,(H2,18,19,20). The molecule has 1 saturated heterocycles. The second-order valence-corrected chi connectivity index (χ2v) is 9.24. The van der Waals surface area contributed by atoms with Crippen LogP contribution in [-0.4, -0.2) is 32.0 Å². The second-order valence-electron chi connectivity index (χ2n) is 7.56. The molecule has 2 N–H and O–H groups in total. The van der Waals surface area contributed by atoms with E-state index in [4.69, 9.17) is 14.4 Å². The minimum atomic E-state index is -3.77. The summed E-state index contributed by atoms with van der Waals surface area (Å²) in [5.74, 6) is 0. The number of primary sulfonamides is 1. The number of sulfonamides is 1. The van der Waals surface area contributed by atoms with E-state index in [9.17, 15) is 8.42 Å². The fourth-order valence-corrected chi connectivity index (χ4v) is 4.42. The van der Waals surface area contributed by atoms with Gasteiger partial charge in [0.1, 0.15) is 5.25 Å². The summed E-state index contributed by atoms with van der Waals surface area (Å²) in [6, 6.07) is 0. The lowest BCUT2D eigenvalue weighted by atomic mass is 9.52. The molecule has 0 aromatic heterocycles. The van der Waals surface area contributed by atoms with Gasteiger partial charge in [-0.25, -0.2) is 13.6 Å². The number of hydrogen-bond donors (Lipinski definition) is 1. The van der Waals surface area contributed by atoms with Crippen molar-refractivity contribution in [3.8, 4) is 0 Å². The molecule has 130 valence electrons. The molecule has 2 rings (SSSR count). The Labute approximate surface area is 140 Å². The van der Waals surface area contributed by atoms with Crippen LogP contribution in [0.25, 0.3) is 0 Å². The predicted molar refractivity (Wildman–Crippen MR) is 93.5 cm³/mol. The van der Waals surface area contributed by atoms with Crippen LogP contribution in [0.15, 0.2) is 24.3 Å². The topological polar surface area (TPSA) is 78.6 Å². The summed E-state index contributed by atoms with van der Waals surface area (Å²) in [7, 11) is -4.42. The molecule has 0 aromatic rings. The lowest BCUT2D eigenvalue weighted by molar-refractivity contribution is 0.00578. The number of hydrogen-bond acceptors (Lipinski definition) is 4. The number of allylic oxidation sites excluding steroid dienone is 3. The molecule has 1 aliphatic heterocycles. The van der Waals surface area contributed by atoms with Crippen LogP contribution in [0.2, 0.25) is 5.31 Å². The Morgan fingerprint density at radius 1 is 1.13 bits per heavy atom. The van der Waals surface area contributed by atoms with Gasteiger partial charge in [-0.2, -0.15) is 0 Å². The van der Waals surface area contributed by atoms with Gasteiger partial charge in [0.05, 0.1) is 11.2 Å². The van der Waals surface area contributed by atoms with E-state index in [0.717, 1.165) is 12.8 Å². The monoisotopic (exact) mass is 341 g/mol. The highest BCUT2D eigenvalue weighted by molar-refractivity contribution is 7.90. The average Bonchev–Trinajstić information content (AvgIpc) is 2.65. The molecular weight excluding hydrogens is 313 g/mol. The minimum absolute atomic E-state index is 0.519. The maximum atomic E-state index is 12.2. The first-order valence-electron chi connectivity index (χ1n) is 8.19. The molecule has 0 aromatic carbocycles. The van der Waals surface area contributed by atoms with Gasteiger partial charge in [-0.1, -0.05) is 44.1 Å². The van der Waals surface area contributed by atoms with Crippen LogP contribution < -0.4 is 5.14 Å². The normalized spacial score (nSPS) is 32.4. The highest BCUT2D eigenvalue weighted by Crippen LogP contribution is 2.53. The van der Waals surface area contributed by atoms with E-state index in [1.807, 2.05) is 39.8 Å². The Balaban J connectivity index is 2.48. The van der Waals surface area contributed by atoms with Crippen molar-refractivity contribution in [3.63, 3.8) is 0 Å². The Morgan fingerprint density at radius 3 is 2.17 bits per heavy atom. The van der Waals surface area contributed by atoms with Crippen molar-refractivity contribution in [2.45, 2.75) is 75.6 Å².